The maximum Gasteiger partial charge on any atom is 0.305 e. The summed E-state index contributed by atoms with van der Waals surface area (Å²) in [6.07, 6.45) is 21.0. The standard InChI is InChI=1S/C45H80O13/c1-2-3-4-5-6-7-8-9-10-11-12-13-14-15-16-17-45(47)58-41-39-56-37-35-54-33-31-52-29-27-50-25-23-48-22-24-49-26-28-51-30-32-53-34-36-55-38-40-57-44-20-18-43(42-46)19-21-44/h18-21,42H,2-17,22-41H2,1H3. The maximum absolute atomic E-state index is 11.9. The van der Waals surface area contributed by atoms with E-state index >= 15 is 0 Å². The van der Waals surface area contributed by atoms with Crippen LogP contribution in [0.25, 0.3) is 0 Å². The van der Waals surface area contributed by atoms with Gasteiger partial charge in [0, 0.05) is 12.0 Å². The van der Waals surface area contributed by atoms with Gasteiger partial charge in [0.1, 0.15) is 25.2 Å². The Morgan fingerprint density at radius 2 is 0.690 bits per heavy atom. The second-order valence-corrected chi connectivity index (χ2v) is 14.0. The van der Waals surface area contributed by atoms with Gasteiger partial charge in [0.15, 0.2) is 0 Å². The first-order chi connectivity index (χ1) is 28.8. The molecule has 13 nitrogen and oxygen atoms in total. The van der Waals surface area contributed by atoms with Crippen molar-refractivity contribution in [3.8, 4) is 5.75 Å². The van der Waals surface area contributed by atoms with E-state index in [-0.39, 0.29) is 12.6 Å². The fraction of sp³-hybridized carbons (Fsp3) is 0.822. The van der Waals surface area contributed by atoms with Crippen LogP contribution < -0.4 is 4.74 Å². The Hall–Kier alpha value is -2.20. The minimum absolute atomic E-state index is 0.133. The lowest BCUT2D eigenvalue weighted by Crippen LogP contribution is -2.15. The summed E-state index contributed by atoms with van der Waals surface area (Å²) in [5.41, 5.74) is 0.617. The van der Waals surface area contributed by atoms with Crippen molar-refractivity contribution < 1.29 is 61.7 Å². The zero-order valence-corrected chi connectivity index (χ0v) is 36.1. The molecule has 0 unspecified atom stereocenters. The number of aldehydes is 1. The molecule has 13 heteroatoms. The van der Waals surface area contributed by atoms with E-state index in [1.807, 2.05) is 0 Å². The third-order valence-corrected chi connectivity index (χ3v) is 8.96. The molecule has 1 aromatic carbocycles. The maximum atomic E-state index is 11.9. The number of ether oxygens (including phenoxy) is 11. The molecule has 0 atom stereocenters. The Kier molecular flexibility index (Phi) is 42.6. The molecule has 1 rings (SSSR count). The number of esters is 1. The Morgan fingerprint density at radius 3 is 1.02 bits per heavy atom. The Labute approximate surface area is 350 Å². The Bertz CT molecular complexity index is 982. The van der Waals surface area contributed by atoms with Crippen LogP contribution in [0, 0.1) is 0 Å². The molecule has 0 aromatic heterocycles. The lowest BCUT2D eigenvalue weighted by atomic mass is 10.0. The highest BCUT2D eigenvalue weighted by Gasteiger charge is 2.03. The van der Waals surface area contributed by atoms with E-state index in [0.29, 0.717) is 143 Å². The average Bonchev–Trinajstić information content (AvgIpc) is 3.24. The molecule has 0 aliphatic carbocycles. The molecular weight excluding hydrogens is 748 g/mol. The van der Waals surface area contributed by atoms with E-state index in [2.05, 4.69) is 6.92 Å². The third-order valence-electron chi connectivity index (χ3n) is 8.96. The number of rotatable bonds is 48. The first-order valence-corrected chi connectivity index (χ1v) is 22.3. The van der Waals surface area contributed by atoms with Crippen molar-refractivity contribution in [2.24, 2.45) is 0 Å². The van der Waals surface area contributed by atoms with E-state index in [9.17, 15) is 9.59 Å². The molecule has 0 radical (unpaired) electrons. The molecular formula is C45H80O13. The first-order valence-electron chi connectivity index (χ1n) is 22.3. The summed E-state index contributed by atoms with van der Waals surface area (Å²) in [4.78, 5) is 22.6. The van der Waals surface area contributed by atoms with Crippen LogP contribution >= 0.6 is 0 Å². The van der Waals surface area contributed by atoms with Crippen molar-refractivity contribution >= 4 is 12.3 Å². The van der Waals surface area contributed by atoms with Crippen molar-refractivity contribution in [2.75, 3.05) is 132 Å². The summed E-state index contributed by atoms with van der Waals surface area (Å²) in [6, 6.07) is 6.94. The molecule has 0 aliphatic heterocycles. The van der Waals surface area contributed by atoms with Crippen molar-refractivity contribution in [3.05, 3.63) is 29.8 Å². The largest absolute Gasteiger partial charge is 0.491 e. The lowest BCUT2D eigenvalue weighted by molar-refractivity contribution is -0.145. The molecule has 0 heterocycles. The summed E-state index contributed by atoms with van der Waals surface area (Å²) < 4.78 is 60.2. The molecule has 58 heavy (non-hydrogen) atoms. The van der Waals surface area contributed by atoms with Gasteiger partial charge >= 0.3 is 5.97 Å². The predicted molar refractivity (Wildman–Crippen MR) is 225 cm³/mol. The second kappa shape index (κ2) is 45.9. The van der Waals surface area contributed by atoms with Gasteiger partial charge in [-0.3, -0.25) is 9.59 Å². The molecule has 338 valence electrons. The predicted octanol–water partition coefficient (Wildman–Crippen LogP) is 7.83. The minimum Gasteiger partial charge on any atom is -0.491 e. The van der Waals surface area contributed by atoms with E-state index in [0.717, 1.165) is 19.1 Å². The molecule has 0 saturated carbocycles. The number of hydrogen-bond acceptors (Lipinski definition) is 13. The van der Waals surface area contributed by atoms with Crippen LogP contribution in [0.5, 0.6) is 5.75 Å². The Morgan fingerprint density at radius 1 is 0.397 bits per heavy atom. The van der Waals surface area contributed by atoms with Crippen LogP contribution in [-0.2, 0) is 52.2 Å². The molecule has 0 saturated heterocycles. The summed E-state index contributed by atoms with van der Waals surface area (Å²) in [5, 5.41) is 0. The summed E-state index contributed by atoms with van der Waals surface area (Å²) >= 11 is 0. The zero-order valence-electron chi connectivity index (χ0n) is 36.1. The smallest absolute Gasteiger partial charge is 0.305 e. The van der Waals surface area contributed by atoms with Gasteiger partial charge in [-0.15, -0.1) is 0 Å². The van der Waals surface area contributed by atoms with Gasteiger partial charge in [0.05, 0.1) is 119 Å². The average molecular weight is 829 g/mol. The van der Waals surface area contributed by atoms with E-state index in [4.69, 9.17) is 52.1 Å². The fourth-order valence-electron chi connectivity index (χ4n) is 5.65. The second-order valence-electron chi connectivity index (χ2n) is 14.0. The molecule has 0 aliphatic rings. The third kappa shape index (κ3) is 40.6. The van der Waals surface area contributed by atoms with Crippen LogP contribution in [0.15, 0.2) is 24.3 Å². The van der Waals surface area contributed by atoms with Gasteiger partial charge in [-0.25, -0.2) is 0 Å². The van der Waals surface area contributed by atoms with Crippen molar-refractivity contribution in [3.63, 3.8) is 0 Å². The quantitative estimate of drug-likeness (QED) is 0.0359. The van der Waals surface area contributed by atoms with Gasteiger partial charge in [-0.05, 0) is 30.7 Å². The highest BCUT2D eigenvalue weighted by Crippen LogP contribution is 2.14. The zero-order chi connectivity index (χ0) is 41.5. The summed E-state index contributed by atoms with van der Waals surface area (Å²) in [7, 11) is 0. The van der Waals surface area contributed by atoms with E-state index in [1.54, 1.807) is 24.3 Å². The van der Waals surface area contributed by atoms with Crippen molar-refractivity contribution in [1.29, 1.82) is 0 Å². The van der Waals surface area contributed by atoms with Gasteiger partial charge in [-0.2, -0.15) is 0 Å². The molecule has 0 spiro atoms. The SMILES string of the molecule is CCCCCCCCCCCCCCCCCC(=O)OCCOCCOCCOCCOCCOCCOCCOCCOCCOCCOc1ccc(C=O)cc1. The van der Waals surface area contributed by atoms with Crippen LogP contribution in [0.4, 0.5) is 0 Å². The summed E-state index contributed by atoms with van der Waals surface area (Å²) in [6.45, 7) is 11.6. The molecule has 0 fully saturated rings. The lowest BCUT2D eigenvalue weighted by Gasteiger charge is -2.09. The number of unbranched alkanes of at least 4 members (excludes halogenated alkanes) is 14. The monoisotopic (exact) mass is 829 g/mol. The topological polar surface area (TPSA) is 136 Å². The van der Waals surface area contributed by atoms with Crippen LogP contribution in [0.3, 0.4) is 0 Å². The van der Waals surface area contributed by atoms with E-state index in [1.165, 1.54) is 83.5 Å². The minimum atomic E-state index is -0.133. The fourth-order valence-corrected chi connectivity index (χ4v) is 5.65. The number of carbonyl (C=O) groups is 2. The van der Waals surface area contributed by atoms with Crippen LogP contribution in [0.2, 0.25) is 0 Å². The normalized spacial score (nSPS) is 11.3. The van der Waals surface area contributed by atoms with Gasteiger partial charge in [0.25, 0.3) is 0 Å². The van der Waals surface area contributed by atoms with E-state index < -0.39 is 0 Å². The summed E-state index contributed by atoms with van der Waals surface area (Å²) in [5.74, 6) is 0.569. The molecule has 0 bridgehead atoms. The molecule has 0 N–H and O–H groups in total. The van der Waals surface area contributed by atoms with Crippen LogP contribution in [0.1, 0.15) is 120 Å². The molecule has 0 amide bonds. The molecule has 1 aromatic rings. The van der Waals surface area contributed by atoms with Gasteiger partial charge in [0.2, 0.25) is 0 Å². The highest BCUT2D eigenvalue weighted by atomic mass is 16.6. The first kappa shape index (κ1) is 53.8. The number of benzene rings is 1. The van der Waals surface area contributed by atoms with Crippen molar-refractivity contribution in [1.82, 2.24) is 0 Å². The Balaban J connectivity index is 1.64. The van der Waals surface area contributed by atoms with Crippen LogP contribution in [-0.4, -0.2) is 144 Å². The van der Waals surface area contributed by atoms with Gasteiger partial charge in [-0.1, -0.05) is 96.8 Å². The number of carbonyl (C=O) groups excluding carboxylic acids is 2. The van der Waals surface area contributed by atoms with Crippen molar-refractivity contribution in [2.45, 2.75) is 110 Å². The number of hydrogen-bond donors (Lipinski definition) is 0. The van der Waals surface area contributed by atoms with Gasteiger partial charge < -0.3 is 52.1 Å². The highest BCUT2D eigenvalue weighted by molar-refractivity contribution is 5.74.